The first-order valence-corrected chi connectivity index (χ1v) is 6.22. The first-order valence-electron chi connectivity index (χ1n) is 6.22. The van der Waals surface area contributed by atoms with Gasteiger partial charge in [-0.2, -0.15) is 0 Å². The molecule has 1 rings (SSSR count). The van der Waals surface area contributed by atoms with Gasteiger partial charge in [-0.3, -0.25) is 0 Å². The molecule has 0 aromatic carbocycles. The quantitative estimate of drug-likeness (QED) is 0.786. The summed E-state index contributed by atoms with van der Waals surface area (Å²) in [5.41, 5.74) is -1.48. The number of esters is 1. The Balaban J connectivity index is 2.72. The molecule has 1 aliphatic carbocycles. The third-order valence-electron chi connectivity index (χ3n) is 3.09. The highest BCUT2D eigenvalue weighted by Gasteiger charge is 2.63. The van der Waals surface area contributed by atoms with Gasteiger partial charge in [0.25, 0.3) is 0 Å². The summed E-state index contributed by atoms with van der Waals surface area (Å²) in [4.78, 5) is 23.6. The second-order valence-electron chi connectivity index (χ2n) is 6.14. The molecule has 1 N–H and O–H groups in total. The van der Waals surface area contributed by atoms with Crippen LogP contribution in [0.25, 0.3) is 0 Å². The molecule has 2 atom stereocenters. The molecule has 0 heterocycles. The molecular weight excluding hydrogens is 234 g/mol. The highest BCUT2D eigenvalue weighted by molar-refractivity contribution is 5.89. The van der Waals surface area contributed by atoms with Crippen LogP contribution in [0.2, 0.25) is 0 Å². The van der Waals surface area contributed by atoms with Crippen LogP contribution in [0.3, 0.4) is 0 Å². The Bertz CT molecular complexity index is 345. The van der Waals surface area contributed by atoms with E-state index in [-0.39, 0.29) is 5.92 Å². The van der Waals surface area contributed by atoms with E-state index >= 15 is 0 Å². The summed E-state index contributed by atoms with van der Waals surface area (Å²) in [6.45, 7) is 9.39. The predicted molar refractivity (Wildman–Crippen MR) is 67.1 cm³/mol. The van der Waals surface area contributed by atoms with Crippen LogP contribution in [0, 0.1) is 11.8 Å². The SMILES string of the molecule is COC(=O)[C@@]1(NC(=O)OC(C)(C)C)C[C@H]1C(C)C. The topological polar surface area (TPSA) is 64.6 Å². The minimum atomic E-state index is -0.898. The van der Waals surface area contributed by atoms with Gasteiger partial charge in [0, 0.05) is 0 Å². The lowest BCUT2D eigenvalue weighted by molar-refractivity contribution is -0.145. The average Bonchev–Trinajstić information content (AvgIpc) is 2.89. The normalized spacial score (nSPS) is 26.7. The van der Waals surface area contributed by atoms with E-state index in [1.165, 1.54) is 7.11 Å². The first-order chi connectivity index (χ1) is 8.12. The lowest BCUT2D eigenvalue weighted by Crippen LogP contribution is -2.48. The maximum atomic E-state index is 11.8. The van der Waals surface area contributed by atoms with E-state index in [4.69, 9.17) is 9.47 Å². The summed E-state index contributed by atoms with van der Waals surface area (Å²) < 4.78 is 9.96. The van der Waals surface area contributed by atoms with Crippen molar-refractivity contribution in [1.29, 1.82) is 0 Å². The van der Waals surface area contributed by atoms with Crippen LogP contribution in [0.1, 0.15) is 41.0 Å². The zero-order valence-electron chi connectivity index (χ0n) is 12.0. The van der Waals surface area contributed by atoms with Gasteiger partial charge in [0.2, 0.25) is 0 Å². The minimum Gasteiger partial charge on any atom is -0.467 e. The molecule has 5 heteroatoms. The molecule has 0 aliphatic heterocycles. The van der Waals surface area contributed by atoms with E-state index in [9.17, 15) is 9.59 Å². The lowest BCUT2D eigenvalue weighted by Gasteiger charge is -2.23. The summed E-state index contributed by atoms with van der Waals surface area (Å²) in [5, 5.41) is 2.67. The molecule has 0 aromatic rings. The highest BCUT2D eigenvalue weighted by Crippen LogP contribution is 2.49. The fourth-order valence-corrected chi connectivity index (χ4v) is 2.19. The average molecular weight is 257 g/mol. The Morgan fingerprint density at radius 2 is 1.89 bits per heavy atom. The van der Waals surface area contributed by atoms with Crippen LogP contribution < -0.4 is 5.32 Å². The third-order valence-corrected chi connectivity index (χ3v) is 3.09. The maximum absolute atomic E-state index is 11.8. The van der Waals surface area contributed by atoms with Crippen molar-refractivity contribution in [2.24, 2.45) is 11.8 Å². The van der Waals surface area contributed by atoms with Crippen LogP contribution in [0.5, 0.6) is 0 Å². The molecule has 1 amide bonds. The van der Waals surface area contributed by atoms with Crippen LogP contribution >= 0.6 is 0 Å². The van der Waals surface area contributed by atoms with E-state index < -0.39 is 23.2 Å². The number of carbonyl (C=O) groups is 2. The molecule has 0 aromatic heterocycles. The van der Waals surface area contributed by atoms with E-state index in [0.717, 1.165) is 0 Å². The molecule has 1 saturated carbocycles. The van der Waals surface area contributed by atoms with Crippen molar-refractivity contribution < 1.29 is 19.1 Å². The number of carbonyl (C=O) groups excluding carboxylic acids is 2. The number of nitrogens with one attached hydrogen (secondary N) is 1. The number of ether oxygens (including phenoxy) is 2. The molecule has 104 valence electrons. The molecule has 0 spiro atoms. The molecule has 5 nitrogen and oxygen atoms in total. The van der Waals surface area contributed by atoms with Gasteiger partial charge in [-0.15, -0.1) is 0 Å². The summed E-state index contributed by atoms with van der Waals surface area (Å²) in [7, 11) is 1.33. The van der Waals surface area contributed by atoms with E-state index in [0.29, 0.717) is 12.3 Å². The summed E-state index contributed by atoms with van der Waals surface area (Å²) in [6.07, 6.45) is 0.0346. The number of methoxy groups -OCH3 is 1. The Labute approximate surface area is 108 Å². The number of hydrogen-bond acceptors (Lipinski definition) is 4. The van der Waals surface area contributed by atoms with Gasteiger partial charge in [0.05, 0.1) is 7.11 Å². The van der Waals surface area contributed by atoms with Gasteiger partial charge in [0.1, 0.15) is 11.1 Å². The molecule has 1 fully saturated rings. The number of amides is 1. The Morgan fingerprint density at radius 3 is 2.22 bits per heavy atom. The van der Waals surface area contributed by atoms with Gasteiger partial charge < -0.3 is 14.8 Å². The van der Waals surface area contributed by atoms with Crippen LogP contribution in [-0.4, -0.2) is 30.3 Å². The van der Waals surface area contributed by atoms with E-state index in [1.807, 2.05) is 13.8 Å². The zero-order chi connectivity index (χ0) is 14.1. The maximum Gasteiger partial charge on any atom is 0.408 e. The first kappa shape index (κ1) is 14.8. The second-order valence-corrected chi connectivity index (χ2v) is 6.14. The smallest absolute Gasteiger partial charge is 0.408 e. The van der Waals surface area contributed by atoms with Crippen molar-refractivity contribution in [3.63, 3.8) is 0 Å². The summed E-state index contributed by atoms with van der Waals surface area (Å²) >= 11 is 0. The predicted octanol–water partition coefficient (Wildman–Crippen LogP) is 2.10. The van der Waals surface area contributed by atoms with Gasteiger partial charge in [0.15, 0.2) is 0 Å². The molecule has 18 heavy (non-hydrogen) atoms. The second kappa shape index (κ2) is 4.78. The van der Waals surface area contributed by atoms with E-state index in [1.54, 1.807) is 20.8 Å². The summed E-state index contributed by atoms with van der Waals surface area (Å²) in [6, 6.07) is 0. The van der Waals surface area contributed by atoms with E-state index in [2.05, 4.69) is 5.32 Å². The summed E-state index contributed by atoms with van der Waals surface area (Å²) in [5.74, 6) is 0.0172. The van der Waals surface area contributed by atoms with Gasteiger partial charge in [-0.1, -0.05) is 13.8 Å². The van der Waals surface area contributed by atoms with Gasteiger partial charge in [-0.05, 0) is 39.0 Å². The van der Waals surface area contributed by atoms with Crippen molar-refractivity contribution in [3.05, 3.63) is 0 Å². The molecular formula is C13H23NO4. The standard InChI is InChI=1S/C13H23NO4/c1-8(2)9-7-13(9,10(15)17-6)14-11(16)18-12(3,4)5/h8-9H,7H2,1-6H3,(H,14,16)/t9-,13+/m0/s1. The Morgan fingerprint density at radius 1 is 1.33 bits per heavy atom. The molecule has 0 bridgehead atoms. The number of rotatable bonds is 3. The van der Waals surface area contributed by atoms with Crippen molar-refractivity contribution in [1.82, 2.24) is 5.32 Å². The van der Waals surface area contributed by atoms with Crippen molar-refractivity contribution in [3.8, 4) is 0 Å². The molecule has 0 saturated heterocycles. The largest absolute Gasteiger partial charge is 0.467 e. The zero-order valence-corrected chi connectivity index (χ0v) is 12.0. The van der Waals surface area contributed by atoms with Gasteiger partial charge >= 0.3 is 12.1 Å². The number of hydrogen-bond donors (Lipinski definition) is 1. The highest BCUT2D eigenvalue weighted by atomic mass is 16.6. The van der Waals surface area contributed by atoms with Crippen LogP contribution in [-0.2, 0) is 14.3 Å². The molecule has 1 aliphatic rings. The number of alkyl carbamates (subject to hydrolysis) is 1. The minimum absolute atomic E-state index is 0.109. The fraction of sp³-hybridized carbons (Fsp3) is 0.846. The van der Waals surface area contributed by atoms with Crippen molar-refractivity contribution in [2.75, 3.05) is 7.11 Å². The van der Waals surface area contributed by atoms with Crippen LogP contribution in [0.15, 0.2) is 0 Å². The monoisotopic (exact) mass is 257 g/mol. The van der Waals surface area contributed by atoms with Crippen LogP contribution in [0.4, 0.5) is 4.79 Å². The Kier molecular flexibility index (Phi) is 3.93. The fourth-order valence-electron chi connectivity index (χ4n) is 2.19. The Hall–Kier alpha value is -1.26. The molecule has 0 radical (unpaired) electrons. The molecule has 0 unspecified atom stereocenters. The lowest BCUT2D eigenvalue weighted by atomic mass is 10.0. The van der Waals surface area contributed by atoms with Crippen molar-refractivity contribution >= 4 is 12.1 Å². The van der Waals surface area contributed by atoms with Gasteiger partial charge in [-0.25, -0.2) is 9.59 Å². The van der Waals surface area contributed by atoms with Crippen molar-refractivity contribution in [2.45, 2.75) is 52.2 Å². The third kappa shape index (κ3) is 3.15.